The molecule has 0 heterocycles. The van der Waals surface area contributed by atoms with E-state index >= 15 is 0 Å². The maximum absolute atomic E-state index is 10.9. The Morgan fingerprint density at radius 2 is 2.00 bits per heavy atom. The smallest absolute Gasteiger partial charge is 0.221 e. The summed E-state index contributed by atoms with van der Waals surface area (Å²) in [5, 5.41) is 6.03. The Morgan fingerprint density at radius 3 is 2.47 bits per heavy atom. The Kier molecular flexibility index (Phi) is 3.74. The van der Waals surface area contributed by atoms with Gasteiger partial charge in [0.25, 0.3) is 0 Å². The molecule has 0 saturated heterocycles. The molecule has 2 N–H and O–H groups in total. The van der Waals surface area contributed by atoms with Crippen LogP contribution >= 0.6 is 11.8 Å². The van der Waals surface area contributed by atoms with Crippen LogP contribution in [0.3, 0.4) is 0 Å². The van der Waals surface area contributed by atoms with E-state index in [9.17, 15) is 4.79 Å². The maximum atomic E-state index is 10.9. The molecule has 2 rings (SSSR count). The average molecular weight is 250 g/mol. The van der Waals surface area contributed by atoms with E-state index in [1.807, 2.05) is 30.9 Å². The van der Waals surface area contributed by atoms with Crippen LogP contribution in [0.5, 0.6) is 0 Å². The van der Waals surface area contributed by atoms with E-state index in [1.54, 1.807) is 0 Å². The van der Waals surface area contributed by atoms with Gasteiger partial charge in [-0.05, 0) is 44.2 Å². The molecule has 1 amide bonds. The summed E-state index contributed by atoms with van der Waals surface area (Å²) in [4.78, 5) is 12.2. The van der Waals surface area contributed by atoms with E-state index in [4.69, 9.17) is 0 Å². The van der Waals surface area contributed by atoms with Gasteiger partial charge in [-0.1, -0.05) is 0 Å². The number of hydrogen-bond donors (Lipinski definition) is 2. The van der Waals surface area contributed by atoms with Crippen molar-refractivity contribution in [2.24, 2.45) is 0 Å². The normalized spacial score (nSPS) is 16.6. The highest BCUT2D eigenvalue weighted by atomic mass is 32.2. The number of amides is 1. The summed E-state index contributed by atoms with van der Waals surface area (Å²) in [6.07, 6.45) is 2.57. The van der Waals surface area contributed by atoms with E-state index in [1.165, 1.54) is 24.7 Å². The molecule has 0 spiro atoms. The second-order valence-electron chi connectivity index (χ2n) is 4.52. The molecule has 0 aliphatic heterocycles. The van der Waals surface area contributed by atoms with Crippen molar-refractivity contribution in [3.05, 3.63) is 24.3 Å². The fraction of sp³-hybridized carbons (Fsp3) is 0.462. The average Bonchev–Trinajstić information content (AvgIpc) is 3.01. The Labute approximate surface area is 106 Å². The van der Waals surface area contributed by atoms with Crippen LogP contribution in [0.25, 0.3) is 0 Å². The van der Waals surface area contributed by atoms with Crippen molar-refractivity contribution < 1.29 is 4.79 Å². The molecule has 0 atom stereocenters. The molecule has 1 aliphatic carbocycles. The summed E-state index contributed by atoms with van der Waals surface area (Å²) in [7, 11) is 2.00. The number of carbonyl (C=O) groups is 1. The summed E-state index contributed by atoms with van der Waals surface area (Å²) in [5.74, 6) is -0.0285. The molecular formula is C13H18N2OS. The molecule has 3 nitrogen and oxygen atoms in total. The largest absolute Gasteiger partial charge is 0.326 e. The van der Waals surface area contributed by atoms with Gasteiger partial charge in [0.2, 0.25) is 5.91 Å². The first-order valence-corrected chi connectivity index (χ1v) is 6.66. The van der Waals surface area contributed by atoms with Crippen LogP contribution in [-0.2, 0) is 4.79 Å². The highest BCUT2D eigenvalue weighted by molar-refractivity contribution is 8.01. The highest BCUT2D eigenvalue weighted by Crippen LogP contribution is 2.51. The van der Waals surface area contributed by atoms with Gasteiger partial charge in [0.1, 0.15) is 0 Å². The third-order valence-corrected chi connectivity index (χ3v) is 4.31. The molecular weight excluding hydrogens is 232 g/mol. The molecule has 1 saturated carbocycles. The molecule has 92 valence electrons. The van der Waals surface area contributed by atoms with Gasteiger partial charge in [0, 0.05) is 28.8 Å². The van der Waals surface area contributed by atoms with Crippen molar-refractivity contribution in [2.75, 3.05) is 18.9 Å². The van der Waals surface area contributed by atoms with Crippen LogP contribution in [0.2, 0.25) is 0 Å². The van der Waals surface area contributed by atoms with Crippen molar-refractivity contribution in [3.8, 4) is 0 Å². The summed E-state index contributed by atoms with van der Waals surface area (Å²) in [6.45, 7) is 2.58. The predicted molar refractivity (Wildman–Crippen MR) is 72.5 cm³/mol. The number of carbonyl (C=O) groups excluding carboxylic acids is 1. The first-order chi connectivity index (χ1) is 8.13. The molecule has 0 radical (unpaired) electrons. The number of nitrogens with one attached hydrogen (secondary N) is 2. The monoisotopic (exact) mass is 250 g/mol. The lowest BCUT2D eigenvalue weighted by Gasteiger charge is -2.14. The molecule has 0 bridgehead atoms. The van der Waals surface area contributed by atoms with Gasteiger partial charge in [0.05, 0.1) is 0 Å². The number of hydrogen-bond acceptors (Lipinski definition) is 3. The summed E-state index contributed by atoms with van der Waals surface area (Å²) < 4.78 is 0.407. The van der Waals surface area contributed by atoms with Gasteiger partial charge in [-0.25, -0.2) is 0 Å². The van der Waals surface area contributed by atoms with Gasteiger partial charge >= 0.3 is 0 Å². The van der Waals surface area contributed by atoms with Crippen molar-refractivity contribution in [1.29, 1.82) is 0 Å². The van der Waals surface area contributed by atoms with Crippen LogP contribution in [0.15, 0.2) is 29.2 Å². The number of anilines is 1. The summed E-state index contributed by atoms with van der Waals surface area (Å²) in [6, 6.07) is 8.07. The zero-order valence-corrected chi connectivity index (χ0v) is 11.1. The molecule has 17 heavy (non-hydrogen) atoms. The van der Waals surface area contributed by atoms with Crippen molar-refractivity contribution in [1.82, 2.24) is 5.32 Å². The Bertz CT molecular complexity index is 398. The summed E-state index contributed by atoms with van der Waals surface area (Å²) >= 11 is 1.93. The fourth-order valence-corrected chi connectivity index (χ4v) is 3.13. The van der Waals surface area contributed by atoms with Crippen molar-refractivity contribution in [2.45, 2.75) is 29.4 Å². The van der Waals surface area contributed by atoms with E-state index < -0.39 is 0 Å². The van der Waals surface area contributed by atoms with E-state index in [0.29, 0.717) is 4.75 Å². The maximum Gasteiger partial charge on any atom is 0.221 e. The van der Waals surface area contributed by atoms with Crippen molar-refractivity contribution >= 4 is 23.4 Å². The number of rotatable bonds is 5. The standard InChI is InChI=1S/C13H18N2OS/c1-10(16)15-11-3-5-12(6-4-11)17-13(7-8-13)9-14-2/h3-6,14H,7-9H2,1-2H3,(H,15,16). The molecule has 1 aromatic rings. The van der Waals surface area contributed by atoms with Crippen LogP contribution < -0.4 is 10.6 Å². The van der Waals surface area contributed by atoms with Gasteiger partial charge in [-0.3, -0.25) is 4.79 Å². The summed E-state index contributed by atoms with van der Waals surface area (Å²) in [5.41, 5.74) is 0.861. The first-order valence-electron chi connectivity index (χ1n) is 5.85. The van der Waals surface area contributed by atoms with Gasteiger partial charge in [-0.2, -0.15) is 0 Å². The van der Waals surface area contributed by atoms with Gasteiger partial charge in [-0.15, -0.1) is 11.8 Å². The molecule has 0 aromatic heterocycles. The first kappa shape index (κ1) is 12.5. The van der Waals surface area contributed by atoms with Crippen LogP contribution in [0.1, 0.15) is 19.8 Å². The predicted octanol–water partition coefficient (Wildman–Crippen LogP) is 2.49. The zero-order chi connectivity index (χ0) is 12.3. The molecule has 0 unspecified atom stereocenters. The third kappa shape index (κ3) is 3.48. The van der Waals surface area contributed by atoms with E-state index in [0.717, 1.165) is 12.2 Å². The minimum Gasteiger partial charge on any atom is -0.326 e. The van der Waals surface area contributed by atoms with E-state index in [2.05, 4.69) is 22.8 Å². The zero-order valence-electron chi connectivity index (χ0n) is 10.2. The van der Waals surface area contributed by atoms with E-state index in [-0.39, 0.29) is 5.91 Å². The van der Waals surface area contributed by atoms with Crippen molar-refractivity contribution in [3.63, 3.8) is 0 Å². The second-order valence-corrected chi connectivity index (χ2v) is 6.06. The Balaban J connectivity index is 1.96. The van der Waals surface area contributed by atoms with Gasteiger partial charge < -0.3 is 10.6 Å². The van der Waals surface area contributed by atoms with Crippen LogP contribution in [-0.4, -0.2) is 24.2 Å². The topological polar surface area (TPSA) is 41.1 Å². The second kappa shape index (κ2) is 5.10. The molecule has 1 fully saturated rings. The van der Waals surface area contributed by atoms with Gasteiger partial charge in [0.15, 0.2) is 0 Å². The third-order valence-electron chi connectivity index (χ3n) is 2.82. The fourth-order valence-electron chi connectivity index (χ4n) is 1.84. The Hall–Kier alpha value is -1.00. The lowest BCUT2D eigenvalue weighted by Crippen LogP contribution is -2.22. The highest BCUT2D eigenvalue weighted by Gasteiger charge is 2.42. The lowest BCUT2D eigenvalue weighted by atomic mass is 10.3. The minimum absolute atomic E-state index is 0.0285. The number of thioether (sulfide) groups is 1. The number of benzene rings is 1. The van der Waals surface area contributed by atoms with Crippen LogP contribution in [0, 0.1) is 0 Å². The lowest BCUT2D eigenvalue weighted by molar-refractivity contribution is -0.114. The quantitative estimate of drug-likeness (QED) is 0.843. The molecule has 1 aliphatic rings. The SMILES string of the molecule is CNCC1(Sc2ccc(NC(C)=O)cc2)CC1. The molecule has 4 heteroatoms. The minimum atomic E-state index is -0.0285. The molecule has 1 aromatic carbocycles. The Morgan fingerprint density at radius 1 is 1.35 bits per heavy atom. The van der Waals surface area contributed by atoms with Crippen LogP contribution in [0.4, 0.5) is 5.69 Å².